The number of benzene rings is 2. The van der Waals surface area contributed by atoms with E-state index in [2.05, 4.69) is 0 Å². The minimum absolute atomic E-state index is 0.0922. The topological polar surface area (TPSA) is 95.4 Å². The van der Waals surface area contributed by atoms with Crippen LogP contribution in [0, 0.1) is 0 Å². The van der Waals surface area contributed by atoms with Gasteiger partial charge in [0.25, 0.3) is 0 Å². The van der Waals surface area contributed by atoms with Crippen molar-refractivity contribution in [3.63, 3.8) is 0 Å². The van der Waals surface area contributed by atoms with Gasteiger partial charge < -0.3 is 16.2 Å². The fourth-order valence-electron chi connectivity index (χ4n) is 2.69. The summed E-state index contributed by atoms with van der Waals surface area (Å²) in [4.78, 5) is 25.4. The van der Waals surface area contributed by atoms with Gasteiger partial charge in [-0.25, -0.2) is 0 Å². The second kappa shape index (κ2) is 4.84. The monoisotopic (exact) mass is 310 g/mol. The van der Waals surface area contributed by atoms with E-state index in [1.807, 2.05) is 20.8 Å². The molecule has 0 radical (unpaired) electrons. The standard InChI is InChI=1S/C18H18N2O3/c1-18(2,3)23-12-8-11-13(15(20)14(12)19)17(22)10-7-5-4-6-9(10)16(11)21/h4-8H,19-20H2,1-3H3. The number of nitrogens with two attached hydrogens (primary N) is 2. The number of hydrogen-bond donors (Lipinski definition) is 2. The molecular formula is C18H18N2O3. The number of nitrogen functional groups attached to an aromatic ring is 2. The maximum atomic E-state index is 12.7. The van der Waals surface area contributed by atoms with Gasteiger partial charge in [-0.05, 0) is 26.8 Å². The lowest BCUT2D eigenvalue weighted by Gasteiger charge is -2.26. The summed E-state index contributed by atoms with van der Waals surface area (Å²) in [5.41, 5.74) is 13.0. The Bertz CT molecular complexity index is 848. The van der Waals surface area contributed by atoms with Crippen LogP contribution in [0.15, 0.2) is 30.3 Å². The summed E-state index contributed by atoms with van der Waals surface area (Å²) in [5, 5.41) is 0. The lowest BCUT2D eigenvalue weighted by molar-refractivity contribution is 0.0977. The molecule has 2 aromatic carbocycles. The molecule has 0 saturated carbocycles. The highest BCUT2D eigenvalue weighted by atomic mass is 16.5. The van der Waals surface area contributed by atoms with Crippen LogP contribution in [0.25, 0.3) is 0 Å². The van der Waals surface area contributed by atoms with Crippen LogP contribution >= 0.6 is 0 Å². The molecule has 0 heterocycles. The zero-order valence-corrected chi connectivity index (χ0v) is 13.3. The number of rotatable bonds is 1. The fourth-order valence-corrected chi connectivity index (χ4v) is 2.69. The summed E-state index contributed by atoms with van der Waals surface area (Å²) in [7, 11) is 0. The Labute approximate surface area is 134 Å². The van der Waals surface area contributed by atoms with Crippen LogP contribution in [0.5, 0.6) is 5.75 Å². The van der Waals surface area contributed by atoms with Crippen LogP contribution in [-0.2, 0) is 0 Å². The third-order valence-electron chi connectivity index (χ3n) is 3.67. The minimum Gasteiger partial charge on any atom is -0.486 e. The first-order chi connectivity index (χ1) is 10.7. The largest absolute Gasteiger partial charge is 0.486 e. The Kier molecular flexibility index (Phi) is 3.18. The van der Waals surface area contributed by atoms with Crippen molar-refractivity contribution in [2.24, 2.45) is 0 Å². The van der Waals surface area contributed by atoms with Crippen LogP contribution in [-0.4, -0.2) is 17.2 Å². The summed E-state index contributed by atoms with van der Waals surface area (Å²) in [6, 6.07) is 8.21. The average molecular weight is 310 g/mol. The summed E-state index contributed by atoms with van der Waals surface area (Å²) in [5.74, 6) is -0.225. The van der Waals surface area contributed by atoms with Gasteiger partial charge in [-0.1, -0.05) is 24.3 Å². The molecule has 4 N–H and O–H groups in total. The zero-order valence-electron chi connectivity index (χ0n) is 13.3. The van der Waals surface area contributed by atoms with Gasteiger partial charge in [0.05, 0.1) is 16.9 Å². The Morgan fingerprint density at radius 1 is 0.870 bits per heavy atom. The molecule has 1 aliphatic carbocycles. The molecule has 0 unspecified atom stereocenters. The number of carbonyl (C=O) groups excluding carboxylic acids is 2. The summed E-state index contributed by atoms with van der Waals surface area (Å²) < 4.78 is 5.78. The smallest absolute Gasteiger partial charge is 0.196 e. The second-order valence-corrected chi connectivity index (χ2v) is 6.54. The predicted octanol–water partition coefficient (Wildman–Crippen LogP) is 2.80. The Hall–Kier alpha value is -2.82. The van der Waals surface area contributed by atoms with E-state index in [-0.39, 0.29) is 34.1 Å². The van der Waals surface area contributed by atoms with E-state index in [9.17, 15) is 9.59 Å². The molecule has 0 spiro atoms. The maximum absolute atomic E-state index is 12.7. The summed E-state index contributed by atoms with van der Waals surface area (Å²) in [6.07, 6.45) is 0. The van der Waals surface area contributed by atoms with Gasteiger partial charge in [-0.15, -0.1) is 0 Å². The Morgan fingerprint density at radius 2 is 1.43 bits per heavy atom. The third kappa shape index (κ3) is 2.34. The quantitative estimate of drug-likeness (QED) is 0.674. The van der Waals surface area contributed by atoms with E-state index in [1.54, 1.807) is 24.3 Å². The first kappa shape index (κ1) is 15.1. The molecule has 0 atom stereocenters. The number of anilines is 2. The third-order valence-corrected chi connectivity index (χ3v) is 3.67. The van der Waals surface area contributed by atoms with Gasteiger partial charge in [0.1, 0.15) is 11.4 Å². The normalized spacial score (nSPS) is 13.5. The molecule has 0 amide bonds. The number of fused-ring (bicyclic) bond motifs is 2. The molecule has 118 valence electrons. The highest BCUT2D eigenvalue weighted by molar-refractivity contribution is 6.30. The molecule has 0 fully saturated rings. The summed E-state index contributed by atoms with van der Waals surface area (Å²) >= 11 is 0. The van der Waals surface area contributed by atoms with E-state index in [0.29, 0.717) is 16.9 Å². The Balaban J connectivity index is 2.25. The van der Waals surface area contributed by atoms with Gasteiger partial charge in [0.15, 0.2) is 11.6 Å². The first-order valence-corrected chi connectivity index (χ1v) is 7.30. The van der Waals surface area contributed by atoms with E-state index >= 15 is 0 Å². The molecule has 5 nitrogen and oxygen atoms in total. The number of hydrogen-bond acceptors (Lipinski definition) is 5. The zero-order chi connectivity index (χ0) is 16.9. The Morgan fingerprint density at radius 3 is 2.00 bits per heavy atom. The van der Waals surface area contributed by atoms with Crippen LogP contribution < -0.4 is 16.2 Å². The lowest BCUT2D eigenvalue weighted by Crippen LogP contribution is -2.26. The predicted molar refractivity (Wildman–Crippen MR) is 89.0 cm³/mol. The highest BCUT2D eigenvalue weighted by Gasteiger charge is 2.33. The van der Waals surface area contributed by atoms with E-state index < -0.39 is 5.60 Å². The molecule has 0 saturated heterocycles. The van der Waals surface area contributed by atoms with E-state index in [0.717, 1.165) is 0 Å². The number of ether oxygens (including phenoxy) is 1. The molecule has 0 bridgehead atoms. The number of carbonyl (C=O) groups is 2. The molecule has 23 heavy (non-hydrogen) atoms. The molecule has 2 aromatic rings. The van der Waals surface area contributed by atoms with Crippen molar-refractivity contribution in [3.8, 4) is 5.75 Å². The van der Waals surface area contributed by atoms with Gasteiger partial charge >= 0.3 is 0 Å². The molecule has 3 rings (SSSR count). The van der Waals surface area contributed by atoms with Gasteiger partial charge in [-0.2, -0.15) is 0 Å². The molecule has 1 aliphatic rings. The van der Waals surface area contributed by atoms with Crippen molar-refractivity contribution in [2.45, 2.75) is 26.4 Å². The molecule has 0 aromatic heterocycles. The van der Waals surface area contributed by atoms with Crippen molar-refractivity contribution in [1.29, 1.82) is 0 Å². The number of ketones is 2. The SMILES string of the molecule is CC(C)(C)Oc1cc2c(c(N)c1N)C(=O)c1ccccc1C2=O. The van der Waals surface area contributed by atoms with Crippen LogP contribution in [0.3, 0.4) is 0 Å². The summed E-state index contributed by atoms with van der Waals surface area (Å²) in [6.45, 7) is 5.60. The van der Waals surface area contributed by atoms with Crippen LogP contribution in [0.2, 0.25) is 0 Å². The average Bonchev–Trinajstić information content (AvgIpc) is 2.48. The van der Waals surface area contributed by atoms with Gasteiger partial charge in [0.2, 0.25) is 0 Å². The van der Waals surface area contributed by atoms with Crippen molar-refractivity contribution in [2.75, 3.05) is 11.5 Å². The van der Waals surface area contributed by atoms with Crippen LogP contribution in [0.4, 0.5) is 11.4 Å². The lowest BCUT2D eigenvalue weighted by atomic mass is 9.82. The highest BCUT2D eigenvalue weighted by Crippen LogP contribution is 2.40. The first-order valence-electron chi connectivity index (χ1n) is 7.30. The fraction of sp³-hybridized carbons (Fsp3) is 0.222. The van der Waals surface area contributed by atoms with Crippen molar-refractivity contribution in [1.82, 2.24) is 0 Å². The molecule has 0 aliphatic heterocycles. The van der Waals surface area contributed by atoms with Crippen molar-refractivity contribution >= 4 is 22.9 Å². The van der Waals surface area contributed by atoms with E-state index in [4.69, 9.17) is 16.2 Å². The van der Waals surface area contributed by atoms with E-state index in [1.165, 1.54) is 6.07 Å². The van der Waals surface area contributed by atoms with Crippen LogP contribution in [0.1, 0.15) is 52.6 Å². The maximum Gasteiger partial charge on any atom is 0.196 e. The van der Waals surface area contributed by atoms with Gasteiger partial charge in [-0.3, -0.25) is 9.59 Å². The van der Waals surface area contributed by atoms with Crippen molar-refractivity contribution in [3.05, 3.63) is 52.6 Å². The van der Waals surface area contributed by atoms with Gasteiger partial charge in [0, 0.05) is 16.7 Å². The second-order valence-electron chi connectivity index (χ2n) is 6.54. The molecule has 5 heteroatoms. The van der Waals surface area contributed by atoms with Crippen molar-refractivity contribution < 1.29 is 14.3 Å². The minimum atomic E-state index is -0.506. The molecular weight excluding hydrogens is 292 g/mol.